The topological polar surface area (TPSA) is 41.6 Å². The molecule has 6 heteroatoms. The summed E-state index contributed by atoms with van der Waals surface area (Å²) in [6.45, 7) is 4.87. The predicted molar refractivity (Wildman–Crippen MR) is 111 cm³/mol. The quantitative estimate of drug-likeness (QED) is 0.732. The molecule has 0 saturated carbocycles. The van der Waals surface area contributed by atoms with Crippen molar-refractivity contribution in [2.24, 2.45) is 0 Å². The summed E-state index contributed by atoms with van der Waals surface area (Å²) in [4.78, 5) is 14.5. The van der Waals surface area contributed by atoms with Crippen LogP contribution in [0.25, 0.3) is 12.2 Å². The molecular formula is C21H22Cl2N2O2. The van der Waals surface area contributed by atoms with Crippen molar-refractivity contribution in [3.05, 3.63) is 69.2 Å². The molecule has 1 N–H and O–H groups in total. The second-order valence-corrected chi connectivity index (χ2v) is 7.17. The molecule has 4 nitrogen and oxygen atoms in total. The molecule has 1 saturated heterocycles. The number of nitrogens with zero attached hydrogens (tertiary/aromatic N) is 1. The van der Waals surface area contributed by atoms with Gasteiger partial charge in [0.2, 0.25) is 0 Å². The summed E-state index contributed by atoms with van der Waals surface area (Å²) in [6, 6.07) is 12.9. The van der Waals surface area contributed by atoms with Crippen molar-refractivity contribution in [2.75, 3.05) is 39.4 Å². The Labute approximate surface area is 169 Å². The Morgan fingerprint density at radius 1 is 1.07 bits per heavy atom. The lowest BCUT2D eigenvalue weighted by Crippen LogP contribution is -2.41. The Kier molecular flexibility index (Phi) is 7.30. The number of morpholine rings is 1. The van der Waals surface area contributed by atoms with Crippen molar-refractivity contribution in [3.63, 3.8) is 0 Å². The summed E-state index contributed by atoms with van der Waals surface area (Å²) in [6.07, 6.45) is 3.88. The standard InChI is InChI=1S/C21H22Cl2N2O2/c22-19-8-7-17(20(23)15-19)4-1-16-2-5-18(6-3-16)21(26)24-9-10-25-11-13-27-14-12-25/h1-8,15H,9-14H2,(H,24,26)/b4-1+. The highest BCUT2D eigenvalue weighted by Gasteiger charge is 2.10. The number of ether oxygens (including phenoxy) is 1. The lowest BCUT2D eigenvalue weighted by atomic mass is 10.1. The molecule has 27 heavy (non-hydrogen) atoms. The number of rotatable bonds is 6. The van der Waals surface area contributed by atoms with Crippen LogP contribution in [0, 0.1) is 0 Å². The van der Waals surface area contributed by atoms with E-state index in [9.17, 15) is 4.79 Å². The molecule has 1 aliphatic heterocycles. The lowest BCUT2D eigenvalue weighted by molar-refractivity contribution is 0.0383. The molecule has 2 aromatic carbocycles. The molecule has 0 aliphatic carbocycles. The van der Waals surface area contributed by atoms with Crippen LogP contribution in [0.15, 0.2) is 42.5 Å². The van der Waals surface area contributed by atoms with E-state index in [4.69, 9.17) is 27.9 Å². The second-order valence-electron chi connectivity index (χ2n) is 6.33. The summed E-state index contributed by atoms with van der Waals surface area (Å²) < 4.78 is 5.32. The SMILES string of the molecule is O=C(NCCN1CCOCC1)c1ccc(/C=C/c2ccc(Cl)cc2Cl)cc1. The maximum Gasteiger partial charge on any atom is 0.251 e. The monoisotopic (exact) mass is 404 g/mol. The molecule has 0 spiro atoms. The highest BCUT2D eigenvalue weighted by Crippen LogP contribution is 2.22. The van der Waals surface area contributed by atoms with Gasteiger partial charge in [0, 0.05) is 41.8 Å². The molecule has 0 aromatic heterocycles. The van der Waals surface area contributed by atoms with E-state index >= 15 is 0 Å². The van der Waals surface area contributed by atoms with Gasteiger partial charge < -0.3 is 10.1 Å². The average Bonchev–Trinajstić information content (AvgIpc) is 2.68. The molecule has 1 heterocycles. The number of hydrogen-bond donors (Lipinski definition) is 1. The Hall–Kier alpha value is -1.85. The summed E-state index contributed by atoms with van der Waals surface area (Å²) >= 11 is 12.1. The normalized spacial score (nSPS) is 15.2. The van der Waals surface area contributed by atoms with E-state index in [1.54, 1.807) is 12.1 Å². The fraction of sp³-hybridized carbons (Fsp3) is 0.286. The number of hydrogen-bond acceptors (Lipinski definition) is 3. The molecule has 0 bridgehead atoms. The Morgan fingerprint density at radius 2 is 1.81 bits per heavy atom. The molecule has 142 valence electrons. The van der Waals surface area contributed by atoms with Gasteiger partial charge >= 0.3 is 0 Å². The van der Waals surface area contributed by atoms with Crippen molar-refractivity contribution in [3.8, 4) is 0 Å². The third-order valence-electron chi connectivity index (χ3n) is 4.41. The van der Waals surface area contributed by atoms with Crippen molar-refractivity contribution in [1.29, 1.82) is 0 Å². The van der Waals surface area contributed by atoms with Crippen LogP contribution in [-0.4, -0.2) is 50.2 Å². The molecule has 1 fully saturated rings. The first-order valence-electron chi connectivity index (χ1n) is 8.93. The van der Waals surface area contributed by atoms with Gasteiger partial charge in [-0.2, -0.15) is 0 Å². The van der Waals surface area contributed by atoms with E-state index in [1.165, 1.54) is 0 Å². The van der Waals surface area contributed by atoms with E-state index in [1.807, 2.05) is 42.5 Å². The molecule has 1 aliphatic rings. The van der Waals surface area contributed by atoms with E-state index in [2.05, 4.69) is 10.2 Å². The Morgan fingerprint density at radius 3 is 2.52 bits per heavy atom. The summed E-state index contributed by atoms with van der Waals surface area (Å²) in [5.41, 5.74) is 2.54. The van der Waals surface area contributed by atoms with Crippen LogP contribution in [-0.2, 0) is 4.74 Å². The van der Waals surface area contributed by atoms with Crippen LogP contribution in [0.4, 0.5) is 0 Å². The summed E-state index contributed by atoms with van der Waals surface area (Å²) in [7, 11) is 0. The van der Waals surface area contributed by atoms with E-state index < -0.39 is 0 Å². The molecule has 3 rings (SSSR count). The molecule has 2 aromatic rings. The lowest BCUT2D eigenvalue weighted by Gasteiger charge is -2.26. The first kappa shape index (κ1) is 19.9. The first-order chi connectivity index (χ1) is 13.1. The summed E-state index contributed by atoms with van der Waals surface area (Å²) in [5.74, 6) is -0.0560. The Bertz CT molecular complexity index is 800. The van der Waals surface area contributed by atoms with Gasteiger partial charge in [0.25, 0.3) is 5.91 Å². The van der Waals surface area contributed by atoms with Gasteiger partial charge in [0.15, 0.2) is 0 Å². The number of nitrogens with one attached hydrogen (secondary N) is 1. The van der Waals surface area contributed by atoms with Gasteiger partial charge in [-0.3, -0.25) is 9.69 Å². The van der Waals surface area contributed by atoms with Crippen LogP contribution in [0.3, 0.4) is 0 Å². The molecular weight excluding hydrogens is 383 g/mol. The molecule has 0 unspecified atom stereocenters. The van der Waals surface area contributed by atoms with Crippen molar-refractivity contribution in [1.82, 2.24) is 10.2 Å². The van der Waals surface area contributed by atoms with Gasteiger partial charge in [0.05, 0.1) is 13.2 Å². The van der Waals surface area contributed by atoms with E-state index in [0.717, 1.165) is 44.0 Å². The average molecular weight is 405 g/mol. The maximum atomic E-state index is 12.3. The first-order valence-corrected chi connectivity index (χ1v) is 9.69. The summed E-state index contributed by atoms with van der Waals surface area (Å²) in [5, 5.41) is 4.19. The predicted octanol–water partition coefficient (Wildman–Crippen LogP) is 4.23. The minimum absolute atomic E-state index is 0.0560. The van der Waals surface area contributed by atoms with Crippen LogP contribution in [0.1, 0.15) is 21.5 Å². The third kappa shape index (κ3) is 6.08. The zero-order valence-electron chi connectivity index (χ0n) is 15.0. The number of carbonyl (C=O) groups excluding carboxylic acids is 1. The fourth-order valence-electron chi connectivity index (χ4n) is 2.82. The van der Waals surface area contributed by atoms with Crippen LogP contribution in [0.2, 0.25) is 10.0 Å². The third-order valence-corrected chi connectivity index (χ3v) is 4.97. The van der Waals surface area contributed by atoms with Gasteiger partial charge in [-0.1, -0.05) is 53.6 Å². The number of carbonyl (C=O) groups is 1. The number of halogens is 2. The molecule has 1 amide bonds. The Balaban J connectivity index is 1.51. The van der Waals surface area contributed by atoms with Crippen LogP contribution in [0.5, 0.6) is 0 Å². The van der Waals surface area contributed by atoms with E-state index in [0.29, 0.717) is 22.2 Å². The zero-order chi connectivity index (χ0) is 19.1. The fourth-order valence-corrected chi connectivity index (χ4v) is 3.29. The highest BCUT2D eigenvalue weighted by molar-refractivity contribution is 6.35. The van der Waals surface area contributed by atoms with Gasteiger partial charge in [-0.05, 0) is 35.4 Å². The van der Waals surface area contributed by atoms with E-state index in [-0.39, 0.29) is 5.91 Å². The van der Waals surface area contributed by atoms with Gasteiger partial charge in [-0.25, -0.2) is 0 Å². The van der Waals surface area contributed by atoms with Crippen LogP contribution < -0.4 is 5.32 Å². The highest BCUT2D eigenvalue weighted by atomic mass is 35.5. The van der Waals surface area contributed by atoms with Gasteiger partial charge in [0.1, 0.15) is 0 Å². The number of benzene rings is 2. The minimum Gasteiger partial charge on any atom is -0.379 e. The van der Waals surface area contributed by atoms with Crippen molar-refractivity contribution in [2.45, 2.75) is 0 Å². The smallest absolute Gasteiger partial charge is 0.251 e. The minimum atomic E-state index is -0.0560. The second kappa shape index (κ2) is 9.90. The maximum absolute atomic E-state index is 12.3. The van der Waals surface area contributed by atoms with Crippen LogP contribution >= 0.6 is 23.2 Å². The molecule has 0 radical (unpaired) electrons. The van der Waals surface area contributed by atoms with Gasteiger partial charge in [-0.15, -0.1) is 0 Å². The van der Waals surface area contributed by atoms with Crippen molar-refractivity contribution >= 4 is 41.3 Å². The van der Waals surface area contributed by atoms with Crippen molar-refractivity contribution < 1.29 is 9.53 Å². The zero-order valence-corrected chi connectivity index (χ0v) is 16.5. The molecule has 0 atom stereocenters. The largest absolute Gasteiger partial charge is 0.379 e. The number of amides is 1.